The van der Waals surface area contributed by atoms with E-state index in [1.807, 2.05) is 51.1 Å². The second-order valence-corrected chi connectivity index (χ2v) is 7.65. The van der Waals surface area contributed by atoms with Crippen LogP contribution in [0.15, 0.2) is 48.2 Å². The Kier molecular flexibility index (Phi) is 5.41. The molecule has 0 aliphatic carbocycles. The summed E-state index contributed by atoms with van der Waals surface area (Å²) in [6.45, 7) is 5.83. The molecule has 0 spiro atoms. The summed E-state index contributed by atoms with van der Waals surface area (Å²) in [4.78, 5) is 15.0. The molecule has 0 fully saturated rings. The van der Waals surface area contributed by atoms with Gasteiger partial charge in [0.05, 0.1) is 28.3 Å². The van der Waals surface area contributed by atoms with Gasteiger partial charge < -0.3 is 9.47 Å². The number of nitrogens with zero attached hydrogens (tertiary/aromatic N) is 1. The molecular formula is C21H21Cl2NO3. The molecule has 0 N–H and O–H groups in total. The summed E-state index contributed by atoms with van der Waals surface area (Å²) in [6.07, 6.45) is 0. The number of halogens is 2. The Morgan fingerprint density at radius 2 is 1.70 bits per heavy atom. The largest absolute Gasteiger partial charge is 0.494 e. The van der Waals surface area contributed by atoms with Crippen LogP contribution in [0, 0.1) is 0 Å². The van der Waals surface area contributed by atoms with E-state index in [2.05, 4.69) is 0 Å². The number of ether oxygens (including phenoxy) is 2. The van der Waals surface area contributed by atoms with Crippen molar-refractivity contribution in [1.29, 1.82) is 0 Å². The number of benzene rings is 2. The first-order valence-corrected chi connectivity index (χ1v) is 9.27. The molecule has 6 heteroatoms. The number of methoxy groups -OCH3 is 1. The lowest BCUT2D eigenvalue weighted by Crippen LogP contribution is -2.49. The van der Waals surface area contributed by atoms with E-state index >= 15 is 0 Å². The molecule has 4 nitrogen and oxygen atoms in total. The molecule has 0 radical (unpaired) electrons. The fourth-order valence-electron chi connectivity index (χ4n) is 3.19. The first-order valence-electron chi connectivity index (χ1n) is 8.52. The van der Waals surface area contributed by atoms with Crippen LogP contribution in [-0.4, -0.2) is 24.6 Å². The molecule has 0 atom stereocenters. The van der Waals surface area contributed by atoms with Gasteiger partial charge in [-0.1, -0.05) is 53.5 Å². The summed E-state index contributed by atoms with van der Waals surface area (Å²) in [7, 11) is 1.51. The van der Waals surface area contributed by atoms with Crippen molar-refractivity contribution < 1.29 is 14.3 Å². The lowest BCUT2D eigenvalue weighted by molar-refractivity contribution is -0.139. The highest BCUT2D eigenvalue weighted by Gasteiger charge is 2.39. The van der Waals surface area contributed by atoms with Gasteiger partial charge in [0.2, 0.25) is 0 Å². The number of amides is 1. The highest BCUT2D eigenvalue weighted by Crippen LogP contribution is 2.41. The van der Waals surface area contributed by atoms with Crippen LogP contribution >= 0.6 is 23.2 Å². The zero-order valence-electron chi connectivity index (χ0n) is 15.7. The third-order valence-electron chi connectivity index (χ3n) is 4.87. The van der Waals surface area contributed by atoms with Gasteiger partial charge in [-0.05, 0) is 44.0 Å². The fourth-order valence-corrected chi connectivity index (χ4v) is 3.83. The van der Waals surface area contributed by atoms with Crippen molar-refractivity contribution in [2.24, 2.45) is 0 Å². The topological polar surface area (TPSA) is 38.8 Å². The monoisotopic (exact) mass is 405 g/mol. The van der Waals surface area contributed by atoms with Crippen molar-refractivity contribution >= 4 is 34.7 Å². The molecule has 0 saturated heterocycles. The predicted molar refractivity (Wildman–Crippen MR) is 108 cm³/mol. The zero-order chi connectivity index (χ0) is 19.8. The average molecular weight is 406 g/mol. The molecule has 27 heavy (non-hydrogen) atoms. The van der Waals surface area contributed by atoms with Gasteiger partial charge in [0.15, 0.2) is 12.5 Å². The van der Waals surface area contributed by atoms with Crippen LogP contribution < -0.4 is 4.74 Å². The molecule has 3 rings (SSSR count). The van der Waals surface area contributed by atoms with Crippen LogP contribution in [0.3, 0.4) is 0 Å². The third-order valence-corrected chi connectivity index (χ3v) is 5.43. The van der Waals surface area contributed by atoms with E-state index in [0.717, 1.165) is 11.1 Å². The Balaban J connectivity index is 2.02. The highest BCUT2D eigenvalue weighted by atomic mass is 35.5. The standard InChI is InChI=1S/C21H21Cl2NO3/c1-13-18(14-8-6-5-7-9-14)20(25)24(12-27-13)21(2,3)15-10-16(22)19(26-4)17(23)11-15/h5-11H,12H2,1-4H3. The van der Waals surface area contributed by atoms with Gasteiger partial charge >= 0.3 is 0 Å². The van der Waals surface area contributed by atoms with Crippen LogP contribution in [-0.2, 0) is 15.1 Å². The maximum atomic E-state index is 13.3. The molecule has 2 aromatic rings. The summed E-state index contributed by atoms with van der Waals surface area (Å²) in [5.74, 6) is 0.932. The molecule has 1 aliphatic rings. The van der Waals surface area contributed by atoms with Gasteiger partial charge in [0.25, 0.3) is 5.91 Å². The van der Waals surface area contributed by atoms with Crippen LogP contribution in [0.2, 0.25) is 10.0 Å². The maximum Gasteiger partial charge on any atom is 0.261 e. The Hall–Kier alpha value is -2.17. The van der Waals surface area contributed by atoms with E-state index in [-0.39, 0.29) is 12.6 Å². The van der Waals surface area contributed by atoms with Crippen molar-refractivity contribution in [3.63, 3.8) is 0 Å². The molecule has 1 aliphatic heterocycles. The van der Waals surface area contributed by atoms with Crippen LogP contribution in [0.4, 0.5) is 0 Å². The van der Waals surface area contributed by atoms with Crippen LogP contribution in [0.1, 0.15) is 31.9 Å². The number of carbonyl (C=O) groups excluding carboxylic acids is 1. The highest BCUT2D eigenvalue weighted by molar-refractivity contribution is 6.37. The van der Waals surface area contributed by atoms with Gasteiger partial charge in [-0.15, -0.1) is 0 Å². The number of allylic oxidation sites excluding steroid dienone is 1. The van der Waals surface area contributed by atoms with Crippen molar-refractivity contribution in [2.45, 2.75) is 26.3 Å². The van der Waals surface area contributed by atoms with E-state index in [0.29, 0.717) is 27.1 Å². The number of carbonyl (C=O) groups is 1. The lowest BCUT2D eigenvalue weighted by atomic mass is 9.90. The lowest BCUT2D eigenvalue weighted by Gasteiger charge is -2.42. The van der Waals surface area contributed by atoms with Crippen LogP contribution in [0.5, 0.6) is 5.75 Å². The minimum absolute atomic E-state index is 0.0991. The third kappa shape index (κ3) is 3.52. The summed E-state index contributed by atoms with van der Waals surface area (Å²) >= 11 is 12.6. The Morgan fingerprint density at radius 1 is 1.11 bits per heavy atom. The van der Waals surface area contributed by atoms with Crippen molar-refractivity contribution in [3.05, 3.63) is 69.4 Å². The Morgan fingerprint density at radius 3 is 2.26 bits per heavy atom. The predicted octanol–water partition coefficient (Wildman–Crippen LogP) is 5.48. The van der Waals surface area contributed by atoms with Gasteiger partial charge in [0, 0.05) is 0 Å². The molecule has 2 aromatic carbocycles. The fraction of sp³-hybridized carbons (Fsp3) is 0.286. The van der Waals surface area contributed by atoms with Crippen molar-refractivity contribution in [1.82, 2.24) is 4.90 Å². The number of rotatable bonds is 4. The van der Waals surface area contributed by atoms with Crippen LogP contribution in [0.25, 0.3) is 5.57 Å². The molecule has 0 aromatic heterocycles. The minimum Gasteiger partial charge on any atom is -0.494 e. The first-order chi connectivity index (χ1) is 12.8. The minimum atomic E-state index is -0.697. The molecule has 0 saturated carbocycles. The van der Waals surface area contributed by atoms with Crippen molar-refractivity contribution in [2.75, 3.05) is 13.8 Å². The van der Waals surface area contributed by atoms with E-state index in [1.54, 1.807) is 17.0 Å². The van der Waals surface area contributed by atoms with E-state index < -0.39 is 5.54 Å². The van der Waals surface area contributed by atoms with Gasteiger partial charge in [-0.3, -0.25) is 9.69 Å². The van der Waals surface area contributed by atoms with E-state index in [1.165, 1.54) is 7.11 Å². The molecule has 142 valence electrons. The second-order valence-electron chi connectivity index (χ2n) is 6.84. The number of hydrogen-bond donors (Lipinski definition) is 0. The van der Waals surface area contributed by atoms with E-state index in [4.69, 9.17) is 32.7 Å². The molecule has 0 unspecified atom stereocenters. The quantitative estimate of drug-likeness (QED) is 0.675. The summed E-state index contributed by atoms with van der Waals surface area (Å²) in [6, 6.07) is 13.1. The average Bonchev–Trinajstić information content (AvgIpc) is 2.62. The summed E-state index contributed by atoms with van der Waals surface area (Å²) < 4.78 is 11.1. The second kappa shape index (κ2) is 7.45. The van der Waals surface area contributed by atoms with Gasteiger partial charge in [-0.2, -0.15) is 0 Å². The smallest absolute Gasteiger partial charge is 0.261 e. The Labute approximate surface area is 169 Å². The normalized spacial score (nSPS) is 15.0. The first kappa shape index (κ1) is 19.6. The molecule has 0 bridgehead atoms. The van der Waals surface area contributed by atoms with E-state index in [9.17, 15) is 4.79 Å². The molecule has 1 amide bonds. The molecular weight excluding hydrogens is 385 g/mol. The summed E-state index contributed by atoms with van der Waals surface area (Å²) in [5, 5.41) is 0.793. The molecule has 1 heterocycles. The zero-order valence-corrected chi connectivity index (χ0v) is 17.2. The van der Waals surface area contributed by atoms with Gasteiger partial charge in [0.1, 0.15) is 5.76 Å². The SMILES string of the molecule is COc1c(Cl)cc(C(C)(C)N2COC(C)=C(c3ccccc3)C2=O)cc1Cl. The van der Waals surface area contributed by atoms with Gasteiger partial charge in [-0.25, -0.2) is 0 Å². The maximum absolute atomic E-state index is 13.3. The number of hydrogen-bond acceptors (Lipinski definition) is 3. The summed E-state index contributed by atoms with van der Waals surface area (Å²) in [5.41, 5.74) is 1.48. The Bertz CT molecular complexity index is 884. The van der Waals surface area contributed by atoms with Crippen molar-refractivity contribution in [3.8, 4) is 5.75 Å².